The van der Waals surface area contributed by atoms with Crippen molar-refractivity contribution in [3.63, 3.8) is 0 Å². The molecule has 0 radical (unpaired) electrons. The van der Waals surface area contributed by atoms with Gasteiger partial charge in [0.1, 0.15) is 5.82 Å². The first-order chi connectivity index (χ1) is 14.5. The van der Waals surface area contributed by atoms with E-state index in [9.17, 15) is 9.18 Å². The molecule has 3 aromatic rings. The molecule has 30 heavy (non-hydrogen) atoms. The Bertz CT molecular complexity index is 1060. The number of rotatable bonds is 4. The number of urea groups is 1. The number of pyridine rings is 1. The Morgan fingerprint density at radius 3 is 2.60 bits per heavy atom. The highest BCUT2D eigenvalue weighted by molar-refractivity contribution is 6.02. The van der Waals surface area contributed by atoms with Crippen molar-refractivity contribution in [1.82, 2.24) is 4.98 Å². The fourth-order valence-electron chi connectivity index (χ4n) is 4.17. The van der Waals surface area contributed by atoms with Gasteiger partial charge in [0.15, 0.2) is 0 Å². The lowest BCUT2D eigenvalue weighted by Crippen LogP contribution is -2.35. The Morgan fingerprint density at radius 2 is 1.90 bits per heavy atom. The summed E-state index contributed by atoms with van der Waals surface area (Å²) >= 11 is 0. The van der Waals surface area contributed by atoms with Gasteiger partial charge in [-0.3, -0.25) is 9.88 Å². The Balaban J connectivity index is 1.64. The first-order valence-corrected chi connectivity index (χ1v) is 10.5. The summed E-state index contributed by atoms with van der Waals surface area (Å²) in [5.74, 6) is -0.253. The lowest BCUT2D eigenvalue weighted by atomic mass is 10.1. The van der Waals surface area contributed by atoms with Gasteiger partial charge in [0, 0.05) is 35.8 Å². The number of hydrogen-bond donors (Lipinski definition) is 1. The van der Waals surface area contributed by atoms with Crippen molar-refractivity contribution in [3.8, 4) is 0 Å². The molecule has 6 heteroatoms. The van der Waals surface area contributed by atoms with E-state index in [2.05, 4.69) is 9.88 Å². The number of fused-ring (bicyclic) bond motifs is 1. The summed E-state index contributed by atoms with van der Waals surface area (Å²) in [5, 5.41) is 1.82. The number of amides is 2. The van der Waals surface area contributed by atoms with E-state index in [1.165, 1.54) is 23.8 Å². The van der Waals surface area contributed by atoms with E-state index in [0.717, 1.165) is 42.4 Å². The summed E-state index contributed by atoms with van der Waals surface area (Å²) in [5.41, 5.74) is 8.61. The maximum atomic E-state index is 14.9. The van der Waals surface area contributed by atoms with E-state index in [0.29, 0.717) is 16.9 Å². The van der Waals surface area contributed by atoms with Crippen LogP contribution in [-0.2, 0) is 6.54 Å². The molecule has 156 valence electrons. The van der Waals surface area contributed by atoms with Crippen LogP contribution in [0.4, 0.5) is 20.6 Å². The quantitative estimate of drug-likeness (QED) is 0.652. The number of benzene rings is 2. The van der Waals surface area contributed by atoms with Gasteiger partial charge >= 0.3 is 6.03 Å². The molecule has 0 atom stereocenters. The van der Waals surface area contributed by atoms with Gasteiger partial charge in [0.2, 0.25) is 0 Å². The lowest BCUT2D eigenvalue weighted by Gasteiger charge is -2.25. The molecule has 1 aliphatic heterocycles. The van der Waals surface area contributed by atoms with E-state index < -0.39 is 6.03 Å². The molecule has 1 aliphatic rings. The second-order valence-corrected chi connectivity index (χ2v) is 7.94. The van der Waals surface area contributed by atoms with Crippen LogP contribution in [-0.4, -0.2) is 24.1 Å². The smallest absolute Gasteiger partial charge is 0.319 e. The van der Waals surface area contributed by atoms with Gasteiger partial charge in [0.05, 0.1) is 17.9 Å². The Hall–Kier alpha value is -3.15. The number of aromatic nitrogens is 1. The van der Waals surface area contributed by atoms with Crippen LogP contribution < -0.4 is 15.5 Å². The summed E-state index contributed by atoms with van der Waals surface area (Å²) in [4.78, 5) is 20.2. The van der Waals surface area contributed by atoms with Crippen LogP contribution in [0.2, 0.25) is 0 Å². The van der Waals surface area contributed by atoms with Crippen molar-refractivity contribution in [2.75, 3.05) is 22.9 Å². The zero-order valence-electron chi connectivity index (χ0n) is 17.3. The van der Waals surface area contributed by atoms with E-state index in [1.807, 2.05) is 43.3 Å². The van der Waals surface area contributed by atoms with Gasteiger partial charge in [-0.2, -0.15) is 0 Å². The van der Waals surface area contributed by atoms with E-state index in [4.69, 9.17) is 5.73 Å². The van der Waals surface area contributed by atoms with Crippen molar-refractivity contribution in [2.24, 2.45) is 5.73 Å². The van der Waals surface area contributed by atoms with Crippen molar-refractivity contribution in [2.45, 2.75) is 39.2 Å². The van der Waals surface area contributed by atoms with Crippen molar-refractivity contribution >= 4 is 28.2 Å². The minimum Gasteiger partial charge on any atom is -0.369 e. The van der Waals surface area contributed by atoms with Gasteiger partial charge < -0.3 is 10.6 Å². The Labute approximate surface area is 176 Å². The maximum Gasteiger partial charge on any atom is 0.319 e. The van der Waals surface area contributed by atoms with Crippen LogP contribution in [0.25, 0.3) is 10.8 Å². The number of primary amides is 1. The first-order valence-electron chi connectivity index (χ1n) is 10.5. The summed E-state index contributed by atoms with van der Waals surface area (Å²) < 4.78 is 14.9. The third kappa shape index (κ3) is 4.22. The molecule has 2 aromatic carbocycles. The van der Waals surface area contributed by atoms with Crippen LogP contribution >= 0.6 is 0 Å². The van der Waals surface area contributed by atoms with Crippen LogP contribution in [0.5, 0.6) is 0 Å². The van der Waals surface area contributed by atoms with Crippen LogP contribution in [0.3, 0.4) is 0 Å². The predicted octanol–water partition coefficient (Wildman–Crippen LogP) is 5.15. The van der Waals surface area contributed by atoms with E-state index in [1.54, 1.807) is 6.20 Å². The van der Waals surface area contributed by atoms with E-state index in [-0.39, 0.29) is 12.4 Å². The highest BCUT2D eigenvalue weighted by Gasteiger charge is 2.19. The maximum absolute atomic E-state index is 14.9. The normalized spacial score (nSPS) is 14.5. The van der Waals surface area contributed by atoms with Crippen LogP contribution in [0.15, 0.2) is 48.7 Å². The van der Waals surface area contributed by atoms with Gasteiger partial charge in [-0.05, 0) is 49.6 Å². The summed E-state index contributed by atoms with van der Waals surface area (Å²) in [6, 6.07) is 12.3. The third-order valence-corrected chi connectivity index (χ3v) is 5.73. The van der Waals surface area contributed by atoms with E-state index >= 15 is 0 Å². The summed E-state index contributed by atoms with van der Waals surface area (Å²) in [7, 11) is 0. The molecule has 5 nitrogen and oxygen atoms in total. The zero-order chi connectivity index (χ0) is 21.1. The second kappa shape index (κ2) is 8.69. The number of hydrogen-bond acceptors (Lipinski definition) is 3. The third-order valence-electron chi connectivity index (χ3n) is 5.73. The highest BCUT2D eigenvalue weighted by atomic mass is 19.1. The average molecular weight is 407 g/mol. The van der Waals surface area contributed by atoms with Gasteiger partial charge in [-0.25, -0.2) is 9.18 Å². The molecule has 0 aliphatic carbocycles. The molecule has 1 aromatic heterocycles. The zero-order valence-corrected chi connectivity index (χ0v) is 17.3. The monoisotopic (exact) mass is 406 g/mol. The fraction of sp³-hybridized carbons (Fsp3) is 0.333. The summed E-state index contributed by atoms with van der Waals surface area (Å²) in [6.07, 6.45) is 6.36. The lowest BCUT2D eigenvalue weighted by molar-refractivity contribution is 0.253. The fourth-order valence-corrected chi connectivity index (χ4v) is 4.17. The molecule has 2 N–H and O–H groups in total. The molecule has 2 heterocycles. The van der Waals surface area contributed by atoms with Gasteiger partial charge in [-0.1, -0.05) is 31.0 Å². The molecule has 1 saturated heterocycles. The number of anilines is 2. The highest BCUT2D eigenvalue weighted by Crippen LogP contribution is 2.29. The van der Waals surface area contributed by atoms with Crippen molar-refractivity contribution in [1.29, 1.82) is 0 Å². The van der Waals surface area contributed by atoms with Gasteiger partial charge in [-0.15, -0.1) is 0 Å². The number of aryl methyl sites for hydroxylation is 1. The number of nitrogens with zero attached hydrogens (tertiary/aromatic N) is 3. The van der Waals surface area contributed by atoms with Crippen LogP contribution in [0, 0.1) is 12.7 Å². The molecule has 4 rings (SSSR count). The molecular weight excluding hydrogens is 379 g/mol. The minimum absolute atomic E-state index is 0.201. The number of carbonyl (C=O) groups excluding carboxylic acids is 1. The molecule has 0 unspecified atom stereocenters. The number of halogens is 1. The first kappa shape index (κ1) is 20.1. The Morgan fingerprint density at radius 1 is 1.13 bits per heavy atom. The SMILES string of the molecule is Cc1cc2c(N(Cc3ccc(N4CCCCCC4)c(F)c3)C(N)=O)cccc2cn1. The van der Waals surface area contributed by atoms with Crippen molar-refractivity contribution in [3.05, 3.63) is 65.7 Å². The number of carbonyl (C=O) groups is 1. The minimum atomic E-state index is -0.575. The molecule has 2 amide bonds. The molecular formula is C24H27FN4O. The molecule has 0 bridgehead atoms. The number of nitrogens with two attached hydrogens (primary N) is 1. The van der Waals surface area contributed by atoms with Crippen LogP contribution in [0.1, 0.15) is 36.9 Å². The largest absolute Gasteiger partial charge is 0.369 e. The molecule has 1 fully saturated rings. The Kier molecular flexibility index (Phi) is 5.84. The molecule has 0 saturated carbocycles. The second-order valence-electron chi connectivity index (χ2n) is 7.94. The average Bonchev–Trinajstić information content (AvgIpc) is 3.01. The standard InChI is InChI=1S/C24H27FN4O/c1-17-13-20-19(15-27-17)7-6-8-22(20)29(24(26)30)16-18-9-10-23(21(25)14-18)28-11-4-2-3-5-12-28/h6-10,13-15H,2-5,11-12,16H2,1H3,(H2,26,30). The predicted molar refractivity (Wildman–Crippen MR) is 119 cm³/mol. The molecule has 0 spiro atoms. The van der Waals surface area contributed by atoms with Crippen molar-refractivity contribution < 1.29 is 9.18 Å². The summed E-state index contributed by atoms with van der Waals surface area (Å²) in [6.45, 7) is 3.87. The van der Waals surface area contributed by atoms with Gasteiger partial charge in [0.25, 0.3) is 0 Å². The topological polar surface area (TPSA) is 62.5 Å².